The first kappa shape index (κ1) is 234. The average Bonchev–Trinajstić information content (AvgIpc) is 2.84. The van der Waals surface area contributed by atoms with Crippen LogP contribution in [0.5, 0.6) is 0 Å². The van der Waals surface area contributed by atoms with Crippen molar-refractivity contribution in [3.05, 3.63) is 0 Å². The third-order valence-electron chi connectivity index (χ3n) is 0. The second-order valence-corrected chi connectivity index (χ2v) is 0. The van der Waals surface area contributed by atoms with Crippen molar-refractivity contribution in [1.82, 2.24) is 0 Å². The Labute approximate surface area is 241 Å². The Kier molecular flexibility index (Phi) is 127000. The molecular weight excluding hydrogens is 1060 g/mol. The van der Waals surface area contributed by atoms with E-state index in [1.54, 1.807) is 0 Å². The summed E-state index contributed by atoms with van der Waals surface area (Å²) < 4.78 is 0. The fourth-order valence-corrected chi connectivity index (χ4v) is 0. The Hall–Kier alpha value is -1.19. The smallest absolute Gasteiger partial charge is 0.0319 e. The van der Waals surface area contributed by atoms with E-state index in [2.05, 4.69) is 74.7 Å². The molecule has 0 aromatic heterocycles. The van der Waals surface area contributed by atoms with Crippen LogP contribution in [0.1, 0.15) is 0 Å². The van der Waals surface area contributed by atoms with E-state index in [1.165, 1.54) is 0 Å². The molecule has 0 atom stereocenters. The van der Waals surface area contributed by atoms with E-state index < -0.39 is 0 Å². The zero-order valence-corrected chi connectivity index (χ0v) is 25.8. The molecule has 4 radical (unpaired) electrons. The van der Waals surface area contributed by atoms with Gasteiger partial charge in [0, 0.05) is 88.5 Å². The van der Waals surface area contributed by atoms with Gasteiger partial charge in [0.05, 0.1) is 0 Å². The summed E-state index contributed by atoms with van der Waals surface area (Å²) in [4.78, 5) is 85.2. The summed E-state index contributed by atoms with van der Waals surface area (Å²) >= 11 is 0. The van der Waals surface area contributed by atoms with Crippen molar-refractivity contribution in [2.24, 2.45) is 0 Å². The van der Waals surface area contributed by atoms with Gasteiger partial charge in [0.2, 0.25) is 0 Å². The molecule has 0 rings (SSSR count). The summed E-state index contributed by atoms with van der Waals surface area (Å²) in [7, 11) is 1.00. The fourth-order valence-electron chi connectivity index (χ4n) is 0. The minimum absolute atomic E-state index is 0. The van der Waals surface area contributed by atoms with Gasteiger partial charge in [-0.25, -0.2) is 0 Å². The van der Waals surface area contributed by atoms with Crippen LogP contribution in [-0.4, -0.2) is 109 Å². The van der Waals surface area contributed by atoms with Crippen LogP contribution in [0.4, 0.5) is 0 Å². The molecule has 0 aromatic rings. The number of aliphatic hydroxyl groups is 1. The molecular formula is C12H23O16Re3Tc-11. The van der Waals surface area contributed by atoms with E-state index in [1.807, 2.05) is 0 Å². The maximum absolute atomic E-state index is 7.75. The quantitative estimate of drug-likeness (QED) is 0.175. The van der Waals surface area contributed by atoms with Gasteiger partial charge in [-0.1, -0.05) is 0 Å². The fraction of sp³-hybridized carbons (Fsp3) is 0.0833. The summed E-state index contributed by atoms with van der Waals surface area (Å²) in [5.41, 5.74) is 0. The molecule has 20 heteroatoms. The summed E-state index contributed by atoms with van der Waals surface area (Å²) in [5.74, 6) is 0. The number of carbonyl (C=O) groups excluding carboxylic acids is 11. The summed E-state index contributed by atoms with van der Waals surface area (Å²) in [6.07, 6.45) is 0. The Morgan fingerprint density at radius 2 is 0.281 bits per heavy atom. The van der Waals surface area contributed by atoms with Crippen LogP contribution in [-0.2, 0) is 134 Å². The average molecular weight is 1080 g/mol. The number of hydrogen-bond acceptors (Lipinski definition) is 12. The Morgan fingerprint density at radius 3 is 0.281 bits per heavy atom. The summed E-state index contributed by atoms with van der Waals surface area (Å²) in [5, 5.41) is 7.00. The van der Waals surface area contributed by atoms with Gasteiger partial charge >= 0.3 is 0 Å². The molecule has 0 unspecified atom stereocenters. The Morgan fingerprint density at radius 1 is 0.281 bits per heavy atom. The third kappa shape index (κ3) is 15600. The molecule has 16 nitrogen and oxygen atoms in total. The zero-order valence-electron chi connectivity index (χ0n) is 15.8. The van der Waals surface area contributed by atoms with Crippen molar-refractivity contribution in [3.8, 4) is 0 Å². The molecule has 0 aliphatic carbocycles. The van der Waals surface area contributed by atoms with Gasteiger partial charge in [-0.05, 0) is 0 Å². The van der Waals surface area contributed by atoms with E-state index in [0.29, 0.717) is 0 Å². The van der Waals surface area contributed by atoms with Crippen molar-refractivity contribution in [2.75, 3.05) is 7.11 Å². The van der Waals surface area contributed by atoms with Crippen LogP contribution in [0.15, 0.2) is 0 Å². The largest absolute Gasteiger partial charge is 0.545 e. The van der Waals surface area contributed by atoms with Crippen molar-refractivity contribution < 1.29 is 161 Å². The predicted octanol–water partition coefficient (Wildman–Crippen LogP) is -6.72. The SMILES string of the molecule is CO.O.O.O.O.[CH-]=O.[CH-]=O.[CH-]=O.[CH-]=O.[CH-]=O.[CH-]=O.[CH-]=O.[CH-]=O.[CH-]=O.[CH-]=O.[CH-]=O.[Re].[Re].[Re].[Tc]. The van der Waals surface area contributed by atoms with Crippen molar-refractivity contribution in [3.63, 3.8) is 0 Å². The van der Waals surface area contributed by atoms with Gasteiger partial charge in [-0.3, -0.25) is 74.7 Å². The second-order valence-electron chi connectivity index (χ2n) is 0. The van der Waals surface area contributed by atoms with Crippen LogP contribution in [0, 0.1) is 0 Å². The number of aliphatic hydroxyl groups excluding tert-OH is 1. The van der Waals surface area contributed by atoms with Crippen LogP contribution < -0.4 is 0 Å². The van der Waals surface area contributed by atoms with E-state index in [4.69, 9.17) is 57.8 Å². The maximum Gasteiger partial charge on any atom is 0.0319 e. The number of rotatable bonds is 0. The molecule has 206 valence electrons. The summed E-state index contributed by atoms with van der Waals surface area (Å²) in [6.45, 7) is 35.8. The zero-order chi connectivity index (χ0) is 24.0. The Balaban J connectivity index is -0.00000000267. The number of hydrogen-bond donors (Lipinski definition) is 1. The molecule has 9 N–H and O–H groups in total. The van der Waals surface area contributed by atoms with E-state index in [9.17, 15) is 0 Å². The standard InChI is InChI=1S/CH4O.11CHO.4H2O.3Re.Tc/c12*1-2;;;;;;;;/h2H,1H3;11*1H;4*1H2;;;;/q;11*-1;;;;;;;;. The minimum Gasteiger partial charge on any atom is -0.545 e. The normalized spacial score (nSPS) is 1.56. The topological polar surface area (TPSA) is 334 Å². The van der Waals surface area contributed by atoms with Gasteiger partial charge in [-0.2, -0.15) is 0 Å². The first-order valence-corrected chi connectivity index (χ1v) is 3.04. The first-order chi connectivity index (χ1) is 12.0. The molecule has 0 spiro atoms. The van der Waals surface area contributed by atoms with Gasteiger partial charge in [0.1, 0.15) is 0 Å². The molecule has 0 saturated carbocycles. The molecule has 0 heterocycles. The van der Waals surface area contributed by atoms with Crippen molar-refractivity contribution in [1.29, 1.82) is 0 Å². The third-order valence-corrected chi connectivity index (χ3v) is 0. The van der Waals surface area contributed by atoms with Gasteiger partial charge < -0.3 is 79.8 Å². The Bertz CT molecular complexity index is 86.3. The summed E-state index contributed by atoms with van der Waals surface area (Å²) in [6, 6.07) is 0. The molecule has 0 aliphatic heterocycles. The second kappa shape index (κ2) is 17400. The molecule has 0 saturated heterocycles. The molecule has 0 bridgehead atoms. The van der Waals surface area contributed by atoms with Gasteiger partial charge in [0.25, 0.3) is 0 Å². The monoisotopic (exact) mass is 1080 g/mol. The van der Waals surface area contributed by atoms with Crippen LogP contribution in [0.2, 0.25) is 0 Å². The van der Waals surface area contributed by atoms with Gasteiger partial charge in [0.15, 0.2) is 0 Å². The molecule has 0 amide bonds. The van der Waals surface area contributed by atoms with Crippen molar-refractivity contribution >= 4 is 74.7 Å². The molecule has 0 aliphatic rings. The van der Waals surface area contributed by atoms with Gasteiger partial charge in [-0.15, -0.1) is 0 Å². The first-order valence-electron chi connectivity index (χ1n) is 3.04. The van der Waals surface area contributed by atoms with Crippen LogP contribution in [0.25, 0.3) is 0 Å². The van der Waals surface area contributed by atoms with E-state index >= 15 is 0 Å². The molecule has 0 fully saturated rings. The van der Waals surface area contributed by atoms with Crippen LogP contribution in [0.3, 0.4) is 0 Å². The van der Waals surface area contributed by atoms with Crippen molar-refractivity contribution in [2.45, 2.75) is 0 Å². The van der Waals surface area contributed by atoms with E-state index in [0.717, 1.165) is 7.11 Å². The van der Waals surface area contributed by atoms with E-state index in [-0.39, 0.29) is 103 Å². The maximum atomic E-state index is 7.75. The van der Waals surface area contributed by atoms with Crippen LogP contribution >= 0.6 is 0 Å². The minimum atomic E-state index is 0. The molecule has 0 aromatic carbocycles. The predicted molar refractivity (Wildman–Crippen MR) is 96.9 cm³/mol. The molecule has 32 heavy (non-hydrogen) atoms.